The lowest BCUT2D eigenvalue weighted by molar-refractivity contribution is 0.520. The molecular formula is C10H17N7. The molecule has 92 valence electrons. The second-order valence-electron chi connectivity index (χ2n) is 4.03. The molecule has 0 amide bonds. The summed E-state index contributed by atoms with van der Waals surface area (Å²) in [4.78, 5) is 4.19. The molecule has 0 aliphatic rings. The van der Waals surface area contributed by atoms with Gasteiger partial charge in [0, 0.05) is 31.8 Å². The Kier molecular flexibility index (Phi) is 3.21. The molecule has 0 aromatic carbocycles. The van der Waals surface area contributed by atoms with Crippen LogP contribution in [-0.4, -0.2) is 24.5 Å². The summed E-state index contributed by atoms with van der Waals surface area (Å²) in [5, 5.41) is 8.26. The van der Waals surface area contributed by atoms with Crippen LogP contribution in [0.5, 0.6) is 0 Å². The van der Waals surface area contributed by atoms with E-state index < -0.39 is 0 Å². The van der Waals surface area contributed by atoms with Crippen LogP contribution in [0, 0.1) is 6.92 Å². The number of nitrogens with zero attached hydrogens (tertiary/aromatic N) is 5. The molecule has 0 saturated carbocycles. The van der Waals surface area contributed by atoms with Crippen molar-refractivity contribution in [1.29, 1.82) is 0 Å². The van der Waals surface area contributed by atoms with E-state index in [2.05, 4.69) is 20.6 Å². The van der Waals surface area contributed by atoms with Crippen LogP contribution >= 0.6 is 0 Å². The molecule has 1 unspecified atom stereocenters. The van der Waals surface area contributed by atoms with Crippen LogP contribution in [0.4, 0.5) is 0 Å². The number of rotatable bonds is 4. The van der Waals surface area contributed by atoms with Crippen molar-refractivity contribution in [3.05, 3.63) is 29.6 Å². The Morgan fingerprint density at radius 1 is 1.35 bits per heavy atom. The predicted molar refractivity (Wildman–Crippen MR) is 62.7 cm³/mol. The maximum Gasteiger partial charge on any atom is 0.138 e. The lowest BCUT2D eigenvalue weighted by Crippen LogP contribution is -2.30. The van der Waals surface area contributed by atoms with Crippen molar-refractivity contribution in [1.82, 2.24) is 30.0 Å². The van der Waals surface area contributed by atoms with Gasteiger partial charge in [-0.1, -0.05) is 0 Å². The van der Waals surface area contributed by atoms with E-state index in [0.717, 1.165) is 17.1 Å². The van der Waals surface area contributed by atoms with Crippen LogP contribution in [0.25, 0.3) is 0 Å². The quantitative estimate of drug-likeness (QED) is 0.556. The molecule has 0 spiro atoms. The van der Waals surface area contributed by atoms with E-state index in [9.17, 15) is 0 Å². The van der Waals surface area contributed by atoms with Crippen LogP contribution in [-0.2, 0) is 20.5 Å². The van der Waals surface area contributed by atoms with Crippen molar-refractivity contribution in [2.75, 3.05) is 0 Å². The minimum absolute atomic E-state index is 0.00778. The number of hydrazine groups is 1. The summed E-state index contributed by atoms with van der Waals surface area (Å²) in [6, 6.07) is -0.00778. The lowest BCUT2D eigenvalue weighted by Gasteiger charge is -2.14. The molecule has 0 saturated heterocycles. The molecule has 2 aromatic rings. The third kappa shape index (κ3) is 2.20. The van der Waals surface area contributed by atoms with Gasteiger partial charge in [0.25, 0.3) is 0 Å². The predicted octanol–water partition coefficient (Wildman–Crippen LogP) is -0.396. The van der Waals surface area contributed by atoms with Gasteiger partial charge in [0.05, 0.1) is 12.2 Å². The van der Waals surface area contributed by atoms with Gasteiger partial charge < -0.3 is 0 Å². The van der Waals surface area contributed by atoms with Crippen LogP contribution < -0.4 is 11.3 Å². The van der Waals surface area contributed by atoms with Crippen LogP contribution in [0.1, 0.15) is 23.1 Å². The third-order valence-electron chi connectivity index (χ3n) is 3.04. The van der Waals surface area contributed by atoms with Crippen LogP contribution in [0.3, 0.4) is 0 Å². The maximum atomic E-state index is 5.61. The van der Waals surface area contributed by atoms with Crippen molar-refractivity contribution in [3.8, 4) is 0 Å². The highest BCUT2D eigenvalue weighted by atomic mass is 15.3. The summed E-state index contributed by atoms with van der Waals surface area (Å²) in [6.07, 6.45) is 4.05. The third-order valence-corrected chi connectivity index (χ3v) is 3.04. The number of aryl methyl sites for hydroxylation is 2. The highest BCUT2D eigenvalue weighted by Crippen LogP contribution is 2.19. The minimum Gasteiger partial charge on any atom is -0.273 e. The van der Waals surface area contributed by atoms with Gasteiger partial charge in [-0.3, -0.25) is 20.6 Å². The summed E-state index contributed by atoms with van der Waals surface area (Å²) in [7, 11) is 3.78. The fourth-order valence-corrected chi connectivity index (χ4v) is 1.80. The minimum atomic E-state index is -0.00778. The molecule has 1 atom stereocenters. The zero-order valence-electron chi connectivity index (χ0n) is 10.3. The van der Waals surface area contributed by atoms with E-state index in [-0.39, 0.29) is 6.04 Å². The topological polar surface area (TPSA) is 86.6 Å². The summed E-state index contributed by atoms with van der Waals surface area (Å²) in [5.41, 5.74) is 4.98. The number of aromatic nitrogens is 5. The normalized spacial score (nSPS) is 12.9. The number of hydrogen-bond donors (Lipinski definition) is 2. The molecule has 2 heterocycles. The second kappa shape index (κ2) is 4.64. The zero-order valence-corrected chi connectivity index (χ0v) is 10.3. The average molecular weight is 235 g/mol. The molecule has 0 fully saturated rings. The SMILES string of the molecule is Cc1c(C(Cc2ncnn2C)NN)cnn1C. The molecule has 17 heavy (non-hydrogen) atoms. The molecule has 2 aromatic heterocycles. The van der Waals surface area contributed by atoms with Gasteiger partial charge >= 0.3 is 0 Å². The first-order valence-corrected chi connectivity index (χ1v) is 5.41. The summed E-state index contributed by atoms with van der Waals surface area (Å²) in [6.45, 7) is 2.02. The highest BCUT2D eigenvalue weighted by Gasteiger charge is 2.17. The van der Waals surface area contributed by atoms with E-state index in [1.54, 1.807) is 11.0 Å². The molecular weight excluding hydrogens is 218 g/mol. The van der Waals surface area contributed by atoms with Crippen molar-refractivity contribution in [3.63, 3.8) is 0 Å². The van der Waals surface area contributed by atoms with Crippen molar-refractivity contribution >= 4 is 0 Å². The smallest absolute Gasteiger partial charge is 0.138 e. The van der Waals surface area contributed by atoms with E-state index in [1.165, 1.54) is 0 Å². The van der Waals surface area contributed by atoms with Gasteiger partial charge in [-0.15, -0.1) is 0 Å². The summed E-state index contributed by atoms with van der Waals surface area (Å²) < 4.78 is 3.58. The highest BCUT2D eigenvalue weighted by molar-refractivity contribution is 5.21. The monoisotopic (exact) mass is 235 g/mol. The van der Waals surface area contributed by atoms with E-state index >= 15 is 0 Å². The second-order valence-corrected chi connectivity index (χ2v) is 4.03. The fourth-order valence-electron chi connectivity index (χ4n) is 1.80. The largest absolute Gasteiger partial charge is 0.273 e. The Hall–Kier alpha value is -1.73. The summed E-state index contributed by atoms with van der Waals surface area (Å²) in [5.74, 6) is 6.49. The average Bonchev–Trinajstić information content (AvgIpc) is 2.85. The number of nitrogens with two attached hydrogens (primary N) is 1. The first-order valence-electron chi connectivity index (χ1n) is 5.41. The van der Waals surface area contributed by atoms with E-state index in [0.29, 0.717) is 6.42 Å². The Morgan fingerprint density at radius 3 is 2.59 bits per heavy atom. The van der Waals surface area contributed by atoms with Gasteiger partial charge in [0.1, 0.15) is 12.2 Å². The number of nitrogens with one attached hydrogen (secondary N) is 1. The molecule has 3 N–H and O–H groups in total. The lowest BCUT2D eigenvalue weighted by atomic mass is 10.1. The van der Waals surface area contributed by atoms with Crippen LogP contribution in [0.15, 0.2) is 12.5 Å². The van der Waals surface area contributed by atoms with Crippen molar-refractivity contribution < 1.29 is 0 Å². The Balaban J connectivity index is 2.23. The van der Waals surface area contributed by atoms with E-state index in [4.69, 9.17) is 5.84 Å². The van der Waals surface area contributed by atoms with Gasteiger partial charge in [-0.2, -0.15) is 10.2 Å². The van der Waals surface area contributed by atoms with Gasteiger partial charge in [-0.25, -0.2) is 4.98 Å². The Bertz CT molecular complexity index is 498. The molecule has 7 heteroatoms. The maximum absolute atomic E-state index is 5.61. The molecule has 7 nitrogen and oxygen atoms in total. The summed E-state index contributed by atoms with van der Waals surface area (Å²) >= 11 is 0. The van der Waals surface area contributed by atoms with Crippen LogP contribution in [0.2, 0.25) is 0 Å². The molecule has 0 bridgehead atoms. The first kappa shape index (κ1) is 11.7. The standard InChI is InChI=1S/C10H17N7/c1-7-8(5-13-16(7)2)9(15-11)4-10-12-6-14-17(10)3/h5-6,9,15H,4,11H2,1-3H3. The molecule has 0 radical (unpaired) electrons. The fraction of sp³-hybridized carbons (Fsp3) is 0.500. The zero-order chi connectivity index (χ0) is 12.4. The Morgan fingerprint density at radius 2 is 2.12 bits per heavy atom. The molecule has 0 aliphatic heterocycles. The molecule has 0 aliphatic carbocycles. The van der Waals surface area contributed by atoms with Crippen molar-refractivity contribution in [2.24, 2.45) is 19.9 Å². The van der Waals surface area contributed by atoms with E-state index in [1.807, 2.05) is 31.9 Å². The molecule has 2 rings (SSSR count). The van der Waals surface area contributed by atoms with Crippen molar-refractivity contribution in [2.45, 2.75) is 19.4 Å². The number of hydrogen-bond acceptors (Lipinski definition) is 5. The van der Waals surface area contributed by atoms with Gasteiger partial charge in [0.2, 0.25) is 0 Å². The van der Waals surface area contributed by atoms with Gasteiger partial charge in [-0.05, 0) is 6.92 Å². The first-order chi connectivity index (χ1) is 8.13. The Labute approximate surface area is 99.6 Å². The van der Waals surface area contributed by atoms with Gasteiger partial charge in [0.15, 0.2) is 0 Å².